The van der Waals surface area contributed by atoms with Gasteiger partial charge in [0.2, 0.25) is 0 Å². The molecular formula is C13H14IN3S. The molecule has 0 bridgehead atoms. The second-order valence-corrected chi connectivity index (χ2v) is 6.82. The summed E-state index contributed by atoms with van der Waals surface area (Å²) >= 11 is 4.20. The van der Waals surface area contributed by atoms with Crippen molar-refractivity contribution < 1.29 is 0 Å². The van der Waals surface area contributed by atoms with Crippen molar-refractivity contribution in [3.05, 3.63) is 29.6 Å². The second-order valence-electron chi connectivity index (χ2n) is 4.37. The maximum atomic E-state index is 4.83. The minimum Gasteiger partial charge on any atom is -0.336 e. The first-order chi connectivity index (χ1) is 8.69. The lowest BCUT2D eigenvalue weighted by Crippen LogP contribution is -2.04. The Hall–Kier alpha value is -0.560. The molecule has 1 atom stereocenters. The van der Waals surface area contributed by atoms with Crippen LogP contribution in [-0.4, -0.2) is 24.4 Å². The van der Waals surface area contributed by atoms with Crippen molar-refractivity contribution in [2.24, 2.45) is 12.0 Å². The highest BCUT2D eigenvalue weighted by atomic mass is 127. The molecule has 3 nitrogen and oxygen atoms in total. The normalized spacial score (nSPS) is 19.5. The minimum atomic E-state index is 0.387. The van der Waals surface area contributed by atoms with Gasteiger partial charge in [0.05, 0.1) is 0 Å². The number of hydrogen-bond donors (Lipinski definition) is 0. The number of thioether (sulfide) groups is 1. The van der Waals surface area contributed by atoms with Crippen molar-refractivity contribution in [2.75, 3.05) is 5.75 Å². The van der Waals surface area contributed by atoms with E-state index in [0.29, 0.717) is 4.05 Å². The average Bonchev–Trinajstić information content (AvgIpc) is 2.95. The maximum absolute atomic E-state index is 4.83. The summed E-state index contributed by atoms with van der Waals surface area (Å²) in [6.45, 7) is 2.18. The lowest BCUT2D eigenvalue weighted by molar-refractivity contribution is 0.943. The van der Waals surface area contributed by atoms with Gasteiger partial charge >= 0.3 is 0 Å². The number of aryl methyl sites for hydroxylation is 2. The molecule has 5 heteroatoms. The van der Waals surface area contributed by atoms with Crippen LogP contribution >= 0.6 is 34.4 Å². The molecule has 0 N–H and O–H groups in total. The fourth-order valence-corrected chi connectivity index (χ4v) is 4.06. The van der Waals surface area contributed by atoms with Crippen molar-refractivity contribution in [1.82, 2.24) is 9.55 Å². The van der Waals surface area contributed by atoms with Crippen LogP contribution in [-0.2, 0) is 13.5 Å². The van der Waals surface area contributed by atoms with E-state index >= 15 is 0 Å². The van der Waals surface area contributed by atoms with Gasteiger partial charge in [-0.25, -0.2) is 4.98 Å². The van der Waals surface area contributed by atoms with E-state index < -0.39 is 0 Å². The molecule has 2 aromatic heterocycles. The van der Waals surface area contributed by atoms with E-state index in [9.17, 15) is 0 Å². The van der Waals surface area contributed by atoms with Crippen LogP contribution in [0.1, 0.15) is 18.2 Å². The monoisotopic (exact) mass is 371 g/mol. The van der Waals surface area contributed by atoms with E-state index in [1.54, 1.807) is 0 Å². The van der Waals surface area contributed by atoms with Crippen LogP contribution in [0, 0.1) is 0 Å². The highest BCUT2D eigenvalue weighted by molar-refractivity contribution is 14.1. The molecule has 3 heterocycles. The van der Waals surface area contributed by atoms with Gasteiger partial charge in [0.1, 0.15) is 20.4 Å². The first-order valence-corrected chi connectivity index (χ1v) is 8.22. The summed E-state index contributed by atoms with van der Waals surface area (Å²) < 4.78 is 2.46. The summed E-state index contributed by atoms with van der Waals surface area (Å²) in [6, 6.07) is 4.37. The van der Waals surface area contributed by atoms with Crippen LogP contribution in [0.5, 0.6) is 0 Å². The first-order valence-electron chi connectivity index (χ1n) is 5.99. The molecule has 0 radical (unpaired) electrons. The largest absolute Gasteiger partial charge is 0.336 e. The average molecular weight is 371 g/mol. The molecule has 94 valence electrons. The van der Waals surface area contributed by atoms with Crippen LogP contribution in [0.2, 0.25) is 0 Å². The number of hydrogen-bond acceptors (Lipinski definition) is 3. The molecule has 0 saturated carbocycles. The van der Waals surface area contributed by atoms with Crippen LogP contribution < -0.4 is 0 Å². The Morgan fingerprint density at radius 1 is 1.56 bits per heavy atom. The third-order valence-electron chi connectivity index (χ3n) is 3.12. The molecule has 0 amide bonds. The van der Waals surface area contributed by atoms with Crippen LogP contribution in [0.4, 0.5) is 0 Å². The first kappa shape index (κ1) is 12.5. The number of alkyl halides is 1. The summed E-state index contributed by atoms with van der Waals surface area (Å²) in [5.74, 6) is 1.06. The number of fused-ring (bicyclic) bond motifs is 1. The van der Waals surface area contributed by atoms with Crippen molar-refractivity contribution in [2.45, 2.75) is 17.4 Å². The number of pyridine rings is 1. The van der Waals surface area contributed by atoms with Gasteiger partial charge in [0, 0.05) is 24.4 Å². The molecular weight excluding hydrogens is 357 g/mol. The summed E-state index contributed by atoms with van der Waals surface area (Å²) in [4.78, 5) is 9.51. The summed E-state index contributed by atoms with van der Waals surface area (Å²) in [6.07, 6.45) is 3.06. The molecule has 0 fully saturated rings. The van der Waals surface area contributed by atoms with Crippen molar-refractivity contribution in [1.29, 1.82) is 0 Å². The van der Waals surface area contributed by atoms with Gasteiger partial charge in [0.15, 0.2) is 0 Å². The van der Waals surface area contributed by atoms with Crippen LogP contribution in [0.3, 0.4) is 0 Å². The van der Waals surface area contributed by atoms with E-state index in [4.69, 9.17) is 4.98 Å². The smallest absolute Gasteiger partial charge is 0.140 e. The van der Waals surface area contributed by atoms with Crippen LogP contribution in [0.15, 0.2) is 23.3 Å². The van der Waals surface area contributed by atoms with E-state index in [1.165, 1.54) is 10.9 Å². The minimum absolute atomic E-state index is 0.387. The van der Waals surface area contributed by atoms with E-state index in [2.05, 4.69) is 57.4 Å². The lowest BCUT2D eigenvalue weighted by atomic mass is 10.1. The molecule has 0 aliphatic carbocycles. The predicted octanol–water partition coefficient (Wildman–Crippen LogP) is 3.39. The zero-order valence-electron chi connectivity index (χ0n) is 10.4. The van der Waals surface area contributed by atoms with Crippen molar-refractivity contribution in [3.8, 4) is 0 Å². The number of aliphatic imine (C=N–C) groups is 1. The van der Waals surface area contributed by atoms with Gasteiger partial charge in [-0.3, -0.25) is 4.99 Å². The molecule has 0 saturated heterocycles. The molecule has 1 aliphatic heterocycles. The van der Waals surface area contributed by atoms with E-state index in [-0.39, 0.29) is 0 Å². The topological polar surface area (TPSA) is 30.2 Å². The standard InChI is InChI=1S/C13H14IN3S/c1-3-8-6-9-4-5-17(2)12(9)16-11(8)13-15-10(14)7-18-13/h4-6,10H,3,7H2,1-2H3/t10-/m0/s1. The van der Waals surface area contributed by atoms with E-state index in [0.717, 1.165) is 28.6 Å². The summed E-state index contributed by atoms with van der Waals surface area (Å²) in [7, 11) is 2.04. The van der Waals surface area contributed by atoms with Gasteiger partial charge in [-0.15, -0.1) is 11.8 Å². The molecule has 0 aromatic carbocycles. The third-order valence-corrected chi connectivity index (χ3v) is 5.49. The predicted molar refractivity (Wildman–Crippen MR) is 86.9 cm³/mol. The molecule has 0 unspecified atom stereocenters. The Kier molecular flexibility index (Phi) is 3.36. The molecule has 0 spiro atoms. The number of halogens is 1. The second kappa shape index (κ2) is 4.85. The van der Waals surface area contributed by atoms with Gasteiger partial charge in [-0.1, -0.05) is 29.5 Å². The molecule has 18 heavy (non-hydrogen) atoms. The summed E-state index contributed by atoms with van der Waals surface area (Å²) in [5, 5.41) is 2.32. The summed E-state index contributed by atoms with van der Waals surface area (Å²) in [5.41, 5.74) is 3.42. The highest BCUT2D eigenvalue weighted by Crippen LogP contribution is 2.29. The quantitative estimate of drug-likeness (QED) is 0.460. The van der Waals surface area contributed by atoms with Gasteiger partial charge in [-0.2, -0.15) is 0 Å². The SMILES string of the molecule is CCc1cc2ccn(C)c2nc1C1=N[C@H](I)CS1. The van der Waals surface area contributed by atoms with Gasteiger partial charge in [0.25, 0.3) is 0 Å². The molecule has 1 aliphatic rings. The van der Waals surface area contributed by atoms with Gasteiger partial charge in [-0.05, 0) is 24.1 Å². The fourth-order valence-electron chi connectivity index (χ4n) is 2.16. The highest BCUT2D eigenvalue weighted by Gasteiger charge is 2.20. The number of aromatic nitrogens is 2. The zero-order valence-corrected chi connectivity index (χ0v) is 13.3. The zero-order chi connectivity index (χ0) is 12.7. The van der Waals surface area contributed by atoms with Crippen molar-refractivity contribution in [3.63, 3.8) is 0 Å². The van der Waals surface area contributed by atoms with Crippen molar-refractivity contribution >= 4 is 50.4 Å². The Bertz CT molecular complexity index is 632. The lowest BCUT2D eigenvalue weighted by Gasteiger charge is -2.07. The van der Waals surface area contributed by atoms with Gasteiger partial charge < -0.3 is 4.57 Å². The number of rotatable bonds is 2. The fraction of sp³-hybridized carbons (Fsp3) is 0.385. The Morgan fingerprint density at radius 3 is 3.06 bits per heavy atom. The maximum Gasteiger partial charge on any atom is 0.140 e. The Morgan fingerprint density at radius 2 is 2.39 bits per heavy atom. The molecule has 3 rings (SSSR count). The molecule has 2 aromatic rings. The van der Waals surface area contributed by atoms with Crippen LogP contribution in [0.25, 0.3) is 11.0 Å². The third kappa shape index (κ3) is 2.07. The van der Waals surface area contributed by atoms with E-state index in [1.807, 2.05) is 18.8 Å². The number of nitrogens with zero attached hydrogens (tertiary/aromatic N) is 3. The Labute approximate surface area is 124 Å². The Balaban J connectivity index is 2.20.